The SMILES string of the molecule is Nc1ncc([N+](=O)[O-])c(-c2ccccc2)n1. The Morgan fingerprint density at radius 1 is 1.25 bits per heavy atom. The highest BCUT2D eigenvalue weighted by Crippen LogP contribution is 2.26. The van der Waals surface area contributed by atoms with Crippen molar-refractivity contribution in [1.29, 1.82) is 0 Å². The van der Waals surface area contributed by atoms with Crippen LogP contribution in [0.3, 0.4) is 0 Å². The van der Waals surface area contributed by atoms with Crippen LogP contribution in [0.25, 0.3) is 11.3 Å². The highest BCUT2D eigenvalue weighted by Gasteiger charge is 2.17. The molecule has 0 saturated carbocycles. The van der Waals surface area contributed by atoms with Gasteiger partial charge in [-0.1, -0.05) is 30.3 Å². The fourth-order valence-electron chi connectivity index (χ4n) is 1.33. The maximum Gasteiger partial charge on any atom is 0.313 e. The highest BCUT2D eigenvalue weighted by atomic mass is 16.6. The Labute approximate surface area is 90.9 Å². The highest BCUT2D eigenvalue weighted by molar-refractivity contribution is 5.69. The summed E-state index contributed by atoms with van der Waals surface area (Å²) in [4.78, 5) is 17.8. The van der Waals surface area contributed by atoms with E-state index in [2.05, 4.69) is 9.97 Å². The molecule has 0 saturated heterocycles. The van der Waals surface area contributed by atoms with Crippen LogP contribution in [0.4, 0.5) is 11.6 Å². The van der Waals surface area contributed by atoms with E-state index in [9.17, 15) is 10.1 Å². The van der Waals surface area contributed by atoms with Crippen molar-refractivity contribution in [2.24, 2.45) is 0 Å². The fraction of sp³-hybridized carbons (Fsp3) is 0. The number of nitrogens with two attached hydrogens (primary N) is 1. The van der Waals surface area contributed by atoms with Gasteiger partial charge < -0.3 is 5.73 Å². The van der Waals surface area contributed by atoms with Crippen molar-refractivity contribution in [2.45, 2.75) is 0 Å². The van der Waals surface area contributed by atoms with Crippen molar-refractivity contribution in [1.82, 2.24) is 9.97 Å². The Morgan fingerprint density at radius 3 is 2.56 bits per heavy atom. The number of nitro groups is 1. The maximum atomic E-state index is 10.8. The Hall–Kier alpha value is -2.50. The van der Waals surface area contributed by atoms with Gasteiger partial charge in [-0.15, -0.1) is 0 Å². The Morgan fingerprint density at radius 2 is 1.94 bits per heavy atom. The normalized spacial score (nSPS) is 10.0. The molecule has 1 heterocycles. The average Bonchev–Trinajstić information content (AvgIpc) is 2.29. The topological polar surface area (TPSA) is 94.9 Å². The van der Waals surface area contributed by atoms with Gasteiger partial charge in [-0.3, -0.25) is 10.1 Å². The number of hydrogen-bond acceptors (Lipinski definition) is 5. The molecule has 0 aliphatic heterocycles. The van der Waals surface area contributed by atoms with Crippen LogP contribution in [0.2, 0.25) is 0 Å². The molecule has 16 heavy (non-hydrogen) atoms. The molecular formula is C10H8N4O2. The molecule has 6 nitrogen and oxygen atoms in total. The molecule has 2 aromatic rings. The Balaban J connectivity index is 2.63. The first kappa shape index (κ1) is 10.0. The molecule has 0 atom stereocenters. The number of nitrogen functional groups attached to an aromatic ring is 1. The summed E-state index contributed by atoms with van der Waals surface area (Å²) in [6, 6.07) is 8.83. The summed E-state index contributed by atoms with van der Waals surface area (Å²) in [6.45, 7) is 0. The van der Waals surface area contributed by atoms with Crippen LogP contribution in [0.1, 0.15) is 0 Å². The van der Waals surface area contributed by atoms with E-state index >= 15 is 0 Å². The lowest BCUT2D eigenvalue weighted by atomic mass is 10.1. The summed E-state index contributed by atoms with van der Waals surface area (Å²) in [7, 11) is 0. The van der Waals surface area contributed by atoms with Crippen molar-refractivity contribution < 1.29 is 4.92 Å². The van der Waals surface area contributed by atoms with Crippen molar-refractivity contribution >= 4 is 11.6 Å². The first-order valence-electron chi connectivity index (χ1n) is 4.51. The monoisotopic (exact) mass is 216 g/mol. The molecule has 2 N–H and O–H groups in total. The number of benzene rings is 1. The molecule has 0 bridgehead atoms. The fourth-order valence-corrected chi connectivity index (χ4v) is 1.33. The zero-order valence-corrected chi connectivity index (χ0v) is 8.20. The standard InChI is InChI=1S/C10H8N4O2/c11-10-12-6-8(14(15)16)9(13-10)7-4-2-1-3-5-7/h1-6H,(H2,11,12,13). The lowest BCUT2D eigenvalue weighted by molar-refractivity contribution is -0.384. The van der Waals surface area contributed by atoms with Crippen molar-refractivity contribution in [3.8, 4) is 11.3 Å². The average molecular weight is 216 g/mol. The van der Waals surface area contributed by atoms with E-state index in [-0.39, 0.29) is 17.3 Å². The summed E-state index contributed by atoms with van der Waals surface area (Å²) in [5.41, 5.74) is 6.14. The smallest absolute Gasteiger partial charge is 0.313 e. The Kier molecular flexibility index (Phi) is 2.47. The van der Waals surface area contributed by atoms with Crippen LogP contribution < -0.4 is 5.73 Å². The minimum atomic E-state index is -0.526. The van der Waals surface area contributed by atoms with E-state index in [1.807, 2.05) is 6.07 Å². The van der Waals surface area contributed by atoms with Gasteiger partial charge in [-0.2, -0.15) is 0 Å². The summed E-state index contributed by atoms with van der Waals surface area (Å²) in [6.07, 6.45) is 1.12. The number of anilines is 1. The summed E-state index contributed by atoms with van der Waals surface area (Å²) in [5, 5.41) is 10.8. The first-order chi connectivity index (χ1) is 7.68. The summed E-state index contributed by atoms with van der Waals surface area (Å²) >= 11 is 0. The molecule has 0 aliphatic carbocycles. The molecule has 2 rings (SSSR count). The zero-order valence-electron chi connectivity index (χ0n) is 8.20. The predicted octanol–water partition coefficient (Wildman–Crippen LogP) is 1.63. The van der Waals surface area contributed by atoms with Crippen LogP contribution in [0, 0.1) is 10.1 Å². The lowest BCUT2D eigenvalue weighted by Crippen LogP contribution is -2.00. The molecule has 6 heteroatoms. The van der Waals surface area contributed by atoms with Crippen LogP contribution in [0.5, 0.6) is 0 Å². The summed E-state index contributed by atoms with van der Waals surface area (Å²) in [5.74, 6) is 0.0180. The second-order valence-electron chi connectivity index (χ2n) is 3.09. The third-order valence-corrected chi connectivity index (χ3v) is 2.03. The van der Waals surface area contributed by atoms with Crippen LogP contribution in [-0.2, 0) is 0 Å². The number of nitrogens with zero attached hydrogens (tertiary/aromatic N) is 3. The number of aromatic nitrogens is 2. The van der Waals surface area contributed by atoms with E-state index < -0.39 is 4.92 Å². The quantitative estimate of drug-likeness (QED) is 0.608. The summed E-state index contributed by atoms with van der Waals surface area (Å²) < 4.78 is 0. The Bertz CT molecular complexity index is 528. The van der Waals surface area contributed by atoms with Gasteiger partial charge in [0.2, 0.25) is 5.95 Å². The third kappa shape index (κ3) is 1.81. The van der Waals surface area contributed by atoms with E-state index in [1.54, 1.807) is 24.3 Å². The second kappa shape index (κ2) is 3.93. The number of rotatable bonds is 2. The van der Waals surface area contributed by atoms with Gasteiger partial charge >= 0.3 is 5.69 Å². The first-order valence-corrected chi connectivity index (χ1v) is 4.51. The van der Waals surface area contributed by atoms with Gasteiger partial charge in [0.15, 0.2) is 5.69 Å². The third-order valence-electron chi connectivity index (χ3n) is 2.03. The molecule has 0 unspecified atom stereocenters. The number of hydrogen-bond donors (Lipinski definition) is 1. The molecule has 1 aromatic heterocycles. The van der Waals surface area contributed by atoms with Gasteiger partial charge in [-0.25, -0.2) is 9.97 Å². The van der Waals surface area contributed by atoms with E-state index in [0.717, 1.165) is 6.20 Å². The maximum absolute atomic E-state index is 10.8. The molecule has 80 valence electrons. The van der Waals surface area contributed by atoms with Gasteiger partial charge in [0, 0.05) is 5.56 Å². The predicted molar refractivity (Wildman–Crippen MR) is 58.5 cm³/mol. The van der Waals surface area contributed by atoms with Crippen molar-refractivity contribution in [3.05, 3.63) is 46.6 Å². The van der Waals surface area contributed by atoms with Crippen molar-refractivity contribution in [2.75, 3.05) is 5.73 Å². The van der Waals surface area contributed by atoms with Gasteiger partial charge in [0.1, 0.15) is 6.20 Å². The van der Waals surface area contributed by atoms with Crippen LogP contribution in [0.15, 0.2) is 36.5 Å². The van der Waals surface area contributed by atoms with Gasteiger partial charge in [0.05, 0.1) is 4.92 Å². The van der Waals surface area contributed by atoms with Crippen LogP contribution >= 0.6 is 0 Å². The van der Waals surface area contributed by atoms with Gasteiger partial charge in [0.25, 0.3) is 0 Å². The molecule has 0 spiro atoms. The molecule has 0 fully saturated rings. The van der Waals surface area contributed by atoms with E-state index in [1.165, 1.54) is 0 Å². The largest absolute Gasteiger partial charge is 0.368 e. The van der Waals surface area contributed by atoms with Crippen LogP contribution in [-0.4, -0.2) is 14.9 Å². The minimum Gasteiger partial charge on any atom is -0.368 e. The molecule has 0 amide bonds. The van der Waals surface area contributed by atoms with Gasteiger partial charge in [-0.05, 0) is 0 Å². The molecule has 0 radical (unpaired) electrons. The van der Waals surface area contributed by atoms with E-state index in [0.29, 0.717) is 5.56 Å². The zero-order chi connectivity index (χ0) is 11.5. The lowest BCUT2D eigenvalue weighted by Gasteiger charge is -2.02. The van der Waals surface area contributed by atoms with E-state index in [4.69, 9.17) is 5.73 Å². The molecular weight excluding hydrogens is 208 g/mol. The second-order valence-corrected chi connectivity index (χ2v) is 3.09. The van der Waals surface area contributed by atoms with Crippen molar-refractivity contribution in [3.63, 3.8) is 0 Å². The molecule has 0 aliphatic rings. The minimum absolute atomic E-state index is 0.0180. The molecule has 1 aromatic carbocycles.